The van der Waals surface area contributed by atoms with Gasteiger partial charge in [-0.15, -0.1) is 0 Å². The van der Waals surface area contributed by atoms with Gasteiger partial charge in [-0.3, -0.25) is 0 Å². The molecule has 2 aliphatic carbocycles. The highest BCUT2D eigenvalue weighted by molar-refractivity contribution is 6.09. The maximum absolute atomic E-state index is 2.47. The summed E-state index contributed by atoms with van der Waals surface area (Å²) in [6, 6.07) is 49.8. The topological polar surface area (TPSA) is 4.93 Å². The molecule has 0 atom stereocenters. The predicted molar refractivity (Wildman–Crippen MR) is 162 cm³/mol. The molecule has 0 saturated heterocycles. The Kier molecular flexibility index (Phi) is 3.98. The quantitative estimate of drug-likeness (QED) is 0.214. The zero-order valence-corrected chi connectivity index (χ0v) is 21.6. The standard InChI is InChI=1S/C38H25N/c1-39-36-17-9-5-13-30(36)31-22-24(19-21-37(31)39)25-18-20-29-28-12-4-8-16-34(28)38(35(29)23-25)32-14-6-2-10-26(32)27-11-3-7-15-33(27)38/h2-23H,1H3. The van der Waals surface area contributed by atoms with E-state index in [0.29, 0.717) is 0 Å². The minimum atomic E-state index is -0.307. The Balaban J connectivity index is 1.35. The first kappa shape index (κ1) is 21.1. The zero-order valence-electron chi connectivity index (χ0n) is 21.6. The van der Waals surface area contributed by atoms with Crippen molar-refractivity contribution < 1.29 is 0 Å². The lowest BCUT2D eigenvalue weighted by atomic mass is 9.70. The van der Waals surface area contributed by atoms with Crippen molar-refractivity contribution in [3.05, 3.63) is 156 Å². The van der Waals surface area contributed by atoms with E-state index in [1.165, 1.54) is 77.4 Å². The van der Waals surface area contributed by atoms with Gasteiger partial charge >= 0.3 is 0 Å². The summed E-state index contributed by atoms with van der Waals surface area (Å²) in [5, 5.41) is 2.61. The van der Waals surface area contributed by atoms with Crippen molar-refractivity contribution in [3.8, 4) is 33.4 Å². The summed E-state index contributed by atoms with van der Waals surface area (Å²) < 4.78 is 2.30. The molecule has 0 fully saturated rings. The Hall–Kier alpha value is -4.88. The number of hydrogen-bond donors (Lipinski definition) is 0. The highest BCUT2D eigenvalue weighted by Crippen LogP contribution is 2.63. The summed E-state index contributed by atoms with van der Waals surface area (Å²) in [5.74, 6) is 0. The number of hydrogen-bond acceptors (Lipinski definition) is 0. The molecule has 0 bridgehead atoms. The highest BCUT2D eigenvalue weighted by atomic mass is 14.9. The summed E-state index contributed by atoms with van der Waals surface area (Å²) in [6.45, 7) is 0. The van der Waals surface area contributed by atoms with Gasteiger partial charge in [-0.25, -0.2) is 0 Å². The second-order valence-electron chi connectivity index (χ2n) is 11.0. The van der Waals surface area contributed by atoms with E-state index in [1.807, 2.05) is 0 Å². The third-order valence-electron chi connectivity index (χ3n) is 9.24. The zero-order chi connectivity index (χ0) is 25.7. The molecule has 7 aromatic rings. The molecule has 1 nitrogen and oxygen atoms in total. The van der Waals surface area contributed by atoms with Crippen molar-refractivity contribution in [1.29, 1.82) is 0 Å². The SMILES string of the molecule is Cn1c2ccccc2c2cc(-c3ccc4c(c3)C3(c5ccccc5-c5ccccc53)c3ccccc3-4)ccc21. The molecule has 182 valence electrons. The van der Waals surface area contributed by atoms with Crippen LogP contribution in [0.1, 0.15) is 22.3 Å². The van der Waals surface area contributed by atoms with Gasteiger partial charge in [-0.2, -0.15) is 0 Å². The molecule has 9 rings (SSSR count). The van der Waals surface area contributed by atoms with Crippen LogP contribution in [0, 0.1) is 0 Å². The van der Waals surface area contributed by atoms with Crippen LogP contribution in [-0.4, -0.2) is 4.57 Å². The summed E-state index contributed by atoms with van der Waals surface area (Å²) in [7, 11) is 2.16. The third-order valence-corrected chi connectivity index (χ3v) is 9.24. The summed E-state index contributed by atoms with van der Waals surface area (Å²) in [4.78, 5) is 0. The van der Waals surface area contributed by atoms with Crippen molar-refractivity contribution >= 4 is 21.8 Å². The molecule has 0 aliphatic heterocycles. The second kappa shape index (κ2) is 7.36. The molecule has 1 heteroatoms. The summed E-state index contributed by atoms with van der Waals surface area (Å²) in [6.07, 6.45) is 0. The first-order valence-corrected chi connectivity index (χ1v) is 13.7. The van der Waals surface area contributed by atoms with Crippen molar-refractivity contribution in [3.63, 3.8) is 0 Å². The molecule has 0 unspecified atom stereocenters. The van der Waals surface area contributed by atoms with Crippen molar-refractivity contribution in [2.75, 3.05) is 0 Å². The van der Waals surface area contributed by atoms with Crippen molar-refractivity contribution in [2.24, 2.45) is 7.05 Å². The van der Waals surface area contributed by atoms with Crippen LogP contribution in [0.2, 0.25) is 0 Å². The molecule has 6 aromatic carbocycles. The van der Waals surface area contributed by atoms with Gasteiger partial charge in [0.15, 0.2) is 0 Å². The fraction of sp³-hybridized carbons (Fsp3) is 0.0526. The van der Waals surface area contributed by atoms with E-state index in [0.717, 1.165) is 0 Å². The number of benzene rings is 6. The van der Waals surface area contributed by atoms with E-state index >= 15 is 0 Å². The molecule has 39 heavy (non-hydrogen) atoms. The molecule has 0 amide bonds. The number of para-hydroxylation sites is 1. The minimum Gasteiger partial charge on any atom is -0.344 e. The van der Waals surface area contributed by atoms with E-state index in [-0.39, 0.29) is 5.41 Å². The van der Waals surface area contributed by atoms with Crippen molar-refractivity contribution in [1.82, 2.24) is 4.57 Å². The van der Waals surface area contributed by atoms with Gasteiger partial charge < -0.3 is 4.57 Å². The van der Waals surface area contributed by atoms with Gasteiger partial charge in [0.2, 0.25) is 0 Å². The molecule has 0 radical (unpaired) electrons. The smallest absolute Gasteiger partial charge is 0.0725 e. The number of aromatic nitrogens is 1. The normalized spacial score (nSPS) is 14.0. The Morgan fingerprint density at radius 2 is 0.897 bits per heavy atom. The lowest BCUT2D eigenvalue weighted by Crippen LogP contribution is -2.25. The molecule has 1 spiro atoms. The lowest BCUT2D eigenvalue weighted by Gasteiger charge is -2.30. The van der Waals surface area contributed by atoms with Gasteiger partial charge in [0.1, 0.15) is 0 Å². The van der Waals surface area contributed by atoms with Gasteiger partial charge in [0, 0.05) is 28.9 Å². The number of nitrogens with zero attached hydrogens (tertiary/aromatic N) is 1. The van der Waals surface area contributed by atoms with Gasteiger partial charge in [0.05, 0.1) is 5.41 Å². The van der Waals surface area contributed by atoms with Crippen LogP contribution in [0.4, 0.5) is 0 Å². The van der Waals surface area contributed by atoms with E-state index in [9.17, 15) is 0 Å². The number of aryl methyl sites for hydroxylation is 1. The van der Waals surface area contributed by atoms with Crippen molar-refractivity contribution in [2.45, 2.75) is 5.41 Å². The Morgan fingerprint density at radius 1 is 0.410 bits per heavy atom. The fourth-order valence-corrected chi connectivity index (χ4v) is 7.62. The summed E-state index contributed by atoms with van der Waals surface area (Å²) in [5.41, 5.74) is 15.7. The first-order valence-electron chi connectivity index (χ1n) is 13.7. The predicted octanol–water partition coefficient (Wildman–Crippen LogP) is 9.34. The van der Waals surface area contributed by atoms with Crippen LogP contribution in [0.25, 0.3) is 55.2 Å². The average molecular weight is 496 g/mol. The van der Waals surface area contributed by atoms with Crippen LogP contribution in [0.5, 0.6) is 0 Å². The lowest BCUT2D eigenvalue weighted by molar-refractivity contribution is 0.794. The third kappa shape index (κ3) is 2.51. The minimum absolute atomic E-state index is 0.307. The number of fused-ring (bicyclic) bond motifs is 13. The first-order chi connectivity index (χ1) is 19.3. The Morgan fingerprint density at radius 3 is 1.56 bits per heavy atom. The van der Waals surface area contributed by atoms with Crippen LogP contribution in [-0.2, 0) is 12.5 Å². The monoisotopic (exact) mass is 495 g/mol. The average Bonchev–Trinajstić information content (AvgIpc) is 3.58. The van der Waals surface area contributed by atoms with Gasteiger partial charge in [-0.1, -0.05) is 109 Å². The van der Waals surface area contributed by atoms with E-state index in [1.54, 1.807) is 0 Å². The molecule has 1 aromatic heterocycles. The Labute approximate surface area is 227 Å². The van der Waals surface area contributed by atoms with Gasteiger partial charge in [-0.05, 0) is 79.9 Å². The van der Waals surface area contributed by atoms with Crippen LogP contribution in [0.3, 0.4) is 0 Å². The molecular formula is C38H25N. The molecule has 1 heterocycles. The van der Waals surface area contributed by atoms with Crippen LogP contribution >= 0.6 is 0 Å². The summed E-state index contributed by atoms with van der Waals surface area (Å²) >= 11 is 0. The fourth-order valence-electron chi connectivity index (χ4n) is 7.62. The van der Waals surface area contributed by atoms with Crippen LogP contribution < -0.4 is 0 Å². The van der Waals surface area contributed by atoms with E-state index < -0.39 is 0 Å². The maximum atomic E-state index is 2.47. The van der Waals surface area contributed by atoms with Gasteiger partial charge in [0.25, 0.3) is 0 Å². The second-order valence-corrected chi connectivity index (χ2v) is 11.0. The molecule has 0 N–H and O–H groups in total. The Bertz CT molecular complexity index is 2080. The number of rotatable bonds is 1. The van der Waals surface area contributed by atoms with E-state index in [2.05, 4.69) is 145 Å². The van der Waals surface area contributed by atoms with E-state index in [4.69, 9.17) is 0 Å². The highest BCUT2D eigenvalue weighted by Gasteiger charge is 2.51. The van der Waals surface area contributed by atoms with Crippen LogP contribution in [0.15, 0.2) is 133 Å². The molecule has 2 aliphatic rings. The largest absolute Gasteiger partial charge is 0.344 e. The maximum Gasteiger partial charge on any atom is 0.0725 e. The molecule has 0 saturated carbocycles. The molecular weight excluding hydrogens is 470 g/mol.